The molecule has 2 aromatic carbocycles. The highest BCUT2D eigenvalue weighted by Gasteiger charge is 2.07. The lowest BCUT2D eigenvalue weighted by Gasteiger charge is -2.09. The van der Waals surface area contributed by atoms with E-state index in [2.05, 4.69) is 63.5 Å². The van der Waals surface area contributed by atoms with Crippen molar-refractivity contribution in [2.75, 3.05) is 6.61 Å². The van der Waals surface area contributed by atoms with Gasteiger partial charge in [0.05, 0.1) is 17.6 Å². The van der Waals surface area contributed by atoms with Crippen LogP contribution in [0.15, 0.2) is 73.3 Å². The maximum atomic E-state index is 5.63. The predicted octanol–water partition coefficient (Wildman–Crippen LogP) is 4.74. The van der Waals surface area contributed by atoms with Crippen molar-refractivity contribution in [3.05, 3.63) is 78.9 Å². The third-order valence-corrected chi connectivity index (χ3v) is 4.24. The molecule has 2 heterocycles. The summed E-state index contributed by atoms with van der Waals surface area (Å²) in [5.41, 5.74) is 5.48. The van der Waals surface area contributed by atoms with Gasteiger partial charge in [0.15, 0.2) is 0 Å². The van der Waals surface area contributed by atoms with Gasteiger partial charge in [0, 0.05) is 30.4 Å². The van der Waals surface area contributed by atoms with E-state index in [1.807, 2.05) is 30.9 Å². The van der Waals surface area contributed by atoms with Crippen LogP contribution in [0, 0.1) is 0 Å². The van der Waals surface area contributed by atoms with Crippen molar-refractivity contribution in [1.82, 2.24) is 14.1 Å². The molecule has 0 amide bonds. The number of aromatic nitrogens is 3. The average molecular weight is 331 g/mol. The first kappa shape index (κ1) is 15.7. The van der Waals surface area contributed by atoms with Crippen LogP contribution in [0.4, 0.5) is 0 Å². The van der Waals surface area contributed by atoms with Crippen LogP contribution in [0.25, 0.3) is 22.4 Å². The summed E-state index contributed by atoms with van der Waals surface area (Å²) in [7, 11) is 0. The van der Waals surface area contributed by atoms with Crippen LogP contribution in [-0.4, -0.2) is 20.7 Å². The Labute approximate surface area is 147 Å². The zero-order chi connectivity index (χ0) is 17.1. The summed E-state index contributed by atoms with van der Waals surface area (Å²) in [6.45, 7) is 3.55. The number of hydrogen-bond donors (Lipinski definition) is 0. The first-order valence-corrected chi connectivity index (χ1v) is 8.62. The van der Waals surface area contributed by atoms with Gasteiger partial charge in [0.2, 0.25) is 0 Å². The average Bonchev–Trinajstić information content (AvgIpc) is 3.32. The molecule has 4 aromatic rings. The normalized spacial score (nSPS) is 11.2. The molecule has 0 unspecified atom stereocenters. The molecule has 0 atom stereocenters. The Morgan fingerprint density at radius 3 is 2.64 bits per heavy atom. The Morgan fingerprint density at radius 2 is 1.80 bits per heavy atom. The first-order valence-electron chi connectivity index (χ1n) is 8.62. The fourth-order valence-corrected chi connectivity index (χ4v) is 3.00. The lowest BCUT2D eigenvalue weighted by Crippen LogP contribution is -1.96. The standard InChI is InChI=1S/C21H21N3O/c1-2-12-25-15-17-8-9-21-20(13-17)22-16-24(21)19-7-5-6-18(14-19)23-10-3-4-11-23/h3-11,13-14,16H,2,12,15H2,1H3. The summed E-state index contributed by atoms with van der Waals surface area (Å²) < 4.78 is 9.86. The lowest BCUT2D eigenvalue weighted by atomic mass is 10.2. The summed E-state index contributed by atoms with van der Waals surface area (Å²) in [4.78, 5) is 4.58. The molecule has 0 aliphatic rings. The van der Waals surface area contributed by atoms with Crippen LogP contribution < -0.4 is 0 Å². The lowest BCUT2D eigenvalue weighted by molar-refractivity contribution is 0.121. The minimum absolute atomic E-state index is 0.639. The van der Waals surface area contributed by atoms with Crippen LogP contribution in [0.3, 0.4) is 0 Å². The molecule has 4 nitrogen and oxygen atoms in total. The Balaban J connectivity index is 1.67. The fourth-order valence-electron chi connectivity index (χ4n) is 3.00. The summed E-state index contributed by atoms with van der Waals surface area (Å²) in [6, 6.07) is 18.8. The largest absolute Gasteiger partial charge is 0.377 e. The minimum Gasteiger partial charge on any atom is -0.377 e. The van der Waals surface area contributed by atoms with E-state index in [-0.39, 0.29) is 0 Å². The summed E-state index contributed by atoms with van der Waals surface area (Å²) in [6.07, 6.45) is 7.02. The highest BCUT2D eigenvalue weighted by molar-refractivity contribution is 5.78. The molecule has 0 radical (unpaired) electrons. The second-order valence-corrected chi connectivity index (χ2v) is 6.10. The molecule has 25 heavy (non-hydrogen) atoms. The molecule has 0 spiro atoms. The van der Waals surface area contributed by atoms with Gasteiger partial charge in [-0.3, -0.25) is 4.57 Å². The minimum atomic E-state index is 0.639. The molecular formula is C21H21N3O. The Kier molecular flexibility index (Phi) is 4.36. The Morgan fingerprint density at radius 1 is 0.960 bits per heavy atom. The van der Waals surface area contributed by atoms with Crippen molar-refractivity contribution >= 4 is 11.0 Å². The van der Waals surface area contributed by atoms with E-state index in [1.54, 1.807) is 0 Å². The number of fused-ring (bicyclic) bond motifs is 1. The van der Waals surface area contributed by atoms with E-state index in [4.69, 9.17) is 4.74 Å². The highest BCUT2D eigenvalue weighted by Crippen LogP contribution is 2.21. The van der Waals surface area contributed by atoms with Gasteiger partial charge < -0.3 is 9.30 Å². The van der Waals surface area contributed by atoms with E-state index >= 15 is 0 Å². The molecule has 0 aliphatic heterocycles. The van der Waals surface area contributed by atoms with Crippen molar-refractivity contribution < 1.29 is 4.74 Å². The molecule has 2 aromatic heterocycles. The zero-order valence-electron chi connectivity index (χ0n) is 14.3. The quantitative estimate of drug-likeness (QED) is 0.478. The van der Waals surface area contributed by atoms with Crippen LogP contribution in [-0.2, 0) is 11.3 Å². The maximum absolute atomic E-state index is 5.63. The van der Waals surface area contributed by atoms with Crippen molar-refractivity contribution in [2.45, 2.75) is 20.0 Å². The molecule has 0 saturated carbocycles. The monoisotopic (exact) mass is 331 g/mol. The van der Waals surface area contributed by atoms with Crippen molar-refractivity contribution in [1.29, 1.82) is 0 Å². The maximum Gasteiger partial charge on any atom is 0.100 e. The van der Waals surface area contributed by atoms with E-state index < -0.39 is 0 Å². The van der Waals surface area contributed by atoms with Gasteiger partial charge >= 0.3 is 0 Å². The zero-order valence-corrected chi connectivity index (χ0v) is 14.3. The van der Waals surface area contributed by atoms with Gasteiger partial charge in [-0.25, -0.2) is 4.98 Å². The number of hydrogen-bond acceptors (Lipinski definition) is 2. The van der Waals surface area contributed by atoms with Gasteiger partial charge in [-0.2, -0.15) is 0 Å². The van der Waals surface area contributed by atoms with Gasteiger partial charge in [-0.15, -0.1) is 0 Å². The molecule has 4 heteroatoms. The smallest absolute Gasteiger partial charge is 0.100 e. The molecule has 0 saturated heterocycles. The van der Waals surface area contributed by atoms with Gasteiger partial charge in [-0.1, -0.05) is 19.1 Å². The topological polar surface area (TPSA) is 32.0 Å². The van der Waals surface area contributed by atoms with Crippen LogP contribution in [0.1, 0.15) is 18.9 Å². The molecule has 0 N–H and O–H groups in total. The number of rotatable bonds is 6. The van der Waals surface area contributed by atoms with Crippen molar-refractivity contribution in [3.8, 4) is 11.4 Å². The fraction of sp³-hybridized carbons (Fsp3) is 0.190. The van der Waals surface area contributed by atoms with Crippen LogP contribution in [0.5, 0.6) is 0 Å². The van der Waals surface area contributed by atoms with Crippen molar-refractivity contribution in [3.63, 3.8) is 0 Å². The number of imidazole rings is 1. The Hall–Kier alpha value is -2.85. The summed E-state index contributed by atoms with van der Waals surface area (Å²) >= 11 is 0. The second kappa shape index (κ2) is 6.95. The van der Waals surface area contributed by atoms with E-state index in [9.17, 15) is 0 Å². The molecule has 0 bridgehead atoms. The number of benzene rings is 2. The molecule has 126 valence electrons. The molecule has 0 aliphatic carbocycles. The second-order valence-electron chi connectivity index (χ2n) is 6.10. The third kappa shape index (κ3) is 3.21. The van der Waals surface area contributed by atoms with Gasteiger partial charge in [0.25, 0.3) is 0 Å². The summed E-state index contributed by atoms with van der Waals surface area (Å²) in [5.74, 6) is 0. The van der Waals surface area contributed by atoms with E-state index in [1.165, 1.54) is 0 Å². The number of ether oxygens (including phenoxy) is 1. The first-order chi connectivity index (χ1) is 12.3. The van der Waals surface area contributed by atoms with E-state index in [0.29, 0.717) is 6.61 Å². The van der Waals surface area contributed by atoms with Crippen molar-refractivity contribution in [2.24, 2.45) is 0 Å². The van der Waals surface area contributed by atoms with Gasteiger partial charge in [-0.05, 0) is 54.4 Å². The van der Waals surface area contributed by atoms with Crippen LogP contribution >= 0.6 is 0 Å². The SMILES string of the molecule is CCCOCc1ccc2c(c1)ncn2-c1cccc(-n2cccc2)c1. The van der Waals surface area contributed by atoms with E-state index in [0.717, 1.165) is 41.0 Å². The predicted molar refractivity (Wildman–Crippen MR) is 100 cm³/mol. The summed E-state index contributed by atoms with van der Waals surface area (Å²) in [5, 5.41) is 0. The van der Waals surface area contributed by atoms with Crippen LogP contribution in [0.2, 0.25) is 0 Å². The third-order valence-electron chi connectivity index (χ3n) is 4.24. The van der Waals surface area contributed by atoms with Gasteiger partial charge in [0.1, 0.15) is 6.33 Å². The Bertz CT molecular complexity index is 970. The highest BCUT2D eigenvalue weighted by atomic mass is 16.5. The number of nitrogens with zero attached hydrogens (tertiary/aromatic N) is 3. The molecule has 0 fully saturated rings. The molecular weight excluding hydrogens is 310 g/mol. The molecule has 4 rings (SSSR count).